The van der Waals surface area contributed by atoms with E-state index in [0.29, 0.717) is 9.34 Å². The molecule has 1 atom stereocenters. The van der Waals surface area contributed by atoms with Crippen molar-refractivity contribution in [3.63, 3.8) is 0 Å². The molecule has 0 radical (unpaired) electrons. The molecule has 5 nitrogen and oxygen atoms in total. The number of alkyl halides is 3. The number of benzene rings is 2. The van der Waals surface area contributed by atoms with Crippen LogP contribution in [-0.2, 0) is 4.79 Å². The lowest BCUT2D eigenvalue weighted by atomic mass is 10.0. The first-order valence-corrected chi connectivity index (χ1v) is 11.7. The van der Waals surface area contributed by atoms with Gasteiger partial charge in [-0.2, -0.15) is 0 Å². The fourth-order valence-electron chi connectivity index (χ4n) is 4.00. The summed E-state index contributed by atoms with van der Waals surface area (Å²) >= 11 is 7.16. The van der Waals surface area contributed by atoms with E-state index in [1.807, 2.05) is 30.3 Å². The van der Waals surface area contributed by atoms with Gasteiger partial charge in [-0.1, -0.05) is 41.9 Å². The number of hydrogen-bond acceptors (Lipinski definition) is 5. The molecule has 10 heteroatoms. The Morgan fingerprint density at radius 1 is 1.12 bits per heavy atom. The lowest BCUT2D eigenvalue weighted by Crippen LogP contribution is -2.33. The maximum absolute atomic E-state index is 13.0. The van der Waals surface area contributed by atoms with Gasteiger partial charge in [0, 0.05) is 11.6 Å². The summed E-state index contributed by atoms with van der Waals surface area (Å²) in [6, 6.07) is 16.1. The first-order chi connectivity index (χ1) is 16.2. The van der Waals surface area contributed by atoms with Crippen LogP contribution in [0, 0.1) is 0 Å². The summed E-state index contributed by atoms with van der Waals surface area (Å²) in [5.41, 5.74) is 1.47. The number of anilines is 1. The molecule has 0 saturated carbocycles. The van der Waals surface area contributed by atoms with Crippen LogP contribution >= 0.6 is 22.9 Å². The number of ether oxygens (including phenoxy) is 1. The van der Waals surface area contributed by atoms with Gasteiger partial charge in [-0.05, 0) is 55.3 Å². The van der Waals surface area contributed by atoms with Gasteiger partial charge in [0.2, 0.25) is 5.91 Å². The van der Waals surface area contributed by atoms with E-state index in [2.05, 4.69) is 15.0 Å². The van der Waals surface area contributed by atoms with Crippen LogP contribution < -0.4 is 10.1 Å². The highest BCUT2D eigenvalue weighted by atomic mass is 35.5. The number of likely N-dealkylation sites (tertiary alicyclic amines) is 1. The third kappa shape index (κ3) is 5.97. The third-order valence-electron chi connectivity index (χ3n) is 5.44. The number of carbonyl (C=O) groups is 2. The van der Waals surface area contributed by atoms with Crippen LogP contribution in [0.4, 0.5) is 18.2 Å². The predicted molar refractivity (Wildman–Crippen MR) is 125 cm³/mol. The fraction of sp³-hybridized carbons (Fsp3) is 0.250. The molecule has 0 unspecified atom stereocenters. The number of halogens is 4. The summed E-state index contributed by atoms with van der Waals surface area (Å²) in [6.07, 6.45) is -2.88. The van der Waals surface area contributed by atoms with Crippen molar-refractivity contribution in [2.75, 3.05) is 18.4 Å². The van der Waals surface area contributed by atoms with Gasteiger partial charge in [0.05, 0.1) is 16.4 Å². The Labute approximate surface area is 203 Å². The van der Waals surface area contributed by atoms with Gasteiger partial charge in [-0.3, -0.25) is 14.5 Å². The first-order valence-electron chi connectivity index (χ1n) is 10.5. The molecule has 3 aromatic rings. The Morgan fingerprint density at radius 3 is 2.50 bits per heavy atom. The van der Waals surface area contributed by atoms with Crippen LogP contribution in [0.1, 0.15) is 40.4 Å². The van der Waals surface area contributed by atoms with E-state index in [0.717, 1.165) is 48.4 Å². The zero-order valence-corrected chi connectivity index (χ0v) is 19.3. The van der Waals surface area contributed by atoms with E-state index in [4.69, 9.17) is 11.6 Å². The Balaban J connectivity index is 1.45. The minimum Gasteiger partial charge on any atom is -0.406 e. The molecule has 1 aliphatic heterocycles. The summed E-state index contributed by atoms with van der Waals surface area (Å²) in [4.78, 5) is 27.9. The van der Waals surface area contributed by atoms with Crippen LogP contribution in [0.25, 0.3) is 0 Å². The van der Waals surface area contributed by atoms with Crippen molar-refractivity contribution in [1.82, 2.24) is 4.90 Å². The average molecular weight is 509 g/mol. The molecule has 0 bridgehead atoms. The largest absolute Gasteiger partial charge is 0.573 e. The second-order valence-electron chi connectivity index (χ2n) is 7.78. The number of nitrogens with zero attached hydrogens (tertiary/aromatic N) is 1. The fourth-order valence-corrected chi connectivity index (χ4v) is 5.14. The van der Waals surface area contributed by atoms with E-state index in [9.17, 15) is 22.8 Å². The maximum atomic E-state index is 13.0. The van der Waals surface area contributed by atoms with Gasteiger partial charge in [0.1, 0.15) is 10.8 Å². The lowest BCUT2D eigenvalue weighted by Gasteiger charge is -2.24. The van der Waals surface area contributed by atoms with Crippen molar-refractivity contribution in [3.8, 4) is 5.75 Å². The summed E-state index contributed by atoms with van der Waals surface area (Å²) in [5.74, 6) is -1.18. The molecule has 4 rings (SSSR count). The monoisotopic (exact) mass is 508 g/mol. The van der Waals surface area contributed by atoms with Gasteiger partial charge in [-0.25, -0.2) is 0 Å². The SMILES string of the molecule is O=C(CN1CCC[C@@H]1c1ccccc1)Nc1sc(Cl)cc1C(=O)c1ccc(OC(F)(F)F)cc1. The maximum Gasteiger partial charge on any atom is 0.573 e. The second-order valence-corrected chi connectivity index (χ2v) is 9.47. The molecular weight excluding hydrogens is 489 g/mol. The normalized spacial score (nSPS) is 16.4. The topological polar surface area (TPSA) is 58.6 Å². The molecule has 1 saturated heterocycles. The molecule has 1 aliphatic rings. The molecule has 2 heterocycles. The number of thiophene rings is 1. The van der Waals surface area contributed by atoms with Gasteiger partial charge in [0.15, 0.2) is 5.78 Å². The molecule has 0 aliphatic carbocycles. The average Bonchev–Trinajstić information content (AvgIpc) is 3.39. The molecule has 2 aromatic carbocycles. The number of amides is 1. The van der Waals surface area contributed by atoms with Crippen molar-refractivity contribution >= 4 is 39.6 Å². The van der Waals surface area contributed by atoms with Gasteiger partial charge in [-0.15, -0.1) is 24.5 Å². The predicted octanol–water partition coefficient (Wildman–Crippen LogP) is 6.31. The van der Waals surface area contributed by atoms with Crippen LogP contribution in [-0.4, -0.2) is 36.0 Å². The van der Waals surface area contributed by atoms with Gasteiger partial charge < -0.3 is 10.1 Å². The molecule has 34 heavy (non-hydrogen) atoms. The van der Waals surface area contributed by atoms with E-state index in [1.165, 1.54) is 18.2 Å². The molecule has 1 fully saturated rings. The highest BCUT2D eigenvalue weighted by Crippen LogP contribution is 2.35. The smallest absolute Gasteiger partial charge is 0.406 e. The summed E-state index contributed by atoms with van der Waals surface area (Å²) in [7, 11) is 0. The van der Waals surface area contributed by atoms with E-state index >= 15 is 0 Å². The number of ketones is 1. The summed E-state index contributed by atoms with van der Waals surface area (Å²) in [6.45, 7) is 0.947. The molecule has 178 valence electrons. The van der Waals surface area contributed by atoms with E-state index in [-0.39, 0.29) is 29.6 Å². The van der Waals surface area contributed by atoms with Crippen LogP contribution in [0.5, 0.6) is 5.75 Å². The second kappa shape index (κ2) is 10.2. The highest BCUT2D eigenvalue weighted by molar-refractivity contribution is 7.20. The zero-order valence-electron chi connectivity index (χ0n) is 17.8. The number of hydrogen-bond donors (Lipinski definition) is 1. The van der Waals surface area contributed by atoms with Crippen molar-refractivity contribution in [2.24, 2.45) is 0 Å². The molecule has 1 N–H and O–H groups in total. The van der Waals surface area contributed by atoms with Crippen LogP contribution in [0.2, 0.25) is 4.34 Å². The van der Waals surface area contributed by atoms with Crippen molar-refractivity contribution in [3.05, 3.63) is 81.7 Å². The Hall–Kier alpha value is -2.88. The minimum atomic E-state index is -4.82. The van der Waals surface area contributed by atoms with Crippen molar-refractivity contribution < 1.29 is 27.5 Å². The third-order valence-corrected chi connectivity index (χ3v) is 6.62. The van der Waals surface area contributed by atoms with E-state index < -0.39 is 17.9 Å². The Kier molecular flexibility index (Phi) is 7.25. The molecule has 1 aromatic heterocycles. The Morgan fingerprint density at radius 2 is 1.82 bits per heavy atom. The lowest BCUT2D eigenvalue weighted by molar-refractivity contribution is -0.274. The summed E-state index contributed by atoms with van der Waals surface area (Å²) < 4.78 is 41.2. The highest BCUT2D eigenvalue weighted by Gasteiger charge is 2.31. The summed E-state index contributed by atoms with van der Waals surface area (Å²) in [5, 5.41) is 3.08. The van der Waals surface area contributed by atoms with Crippen molar-refractivity contribution in [2.45, 2.75) is 25.2 Å². The molecule has 1 amide bonds. The molecular formula is C24H20ClF3N2O3S. The van der Waals surface area contributed by atoms with E-state index in [1.54, 1.807) is 0 Å². The number of carbonyl (C=O) groups excluding carboxylic acids is 2. The van der Waals surface area contributed by atoms with Gasteiger partial charge in [0.25, 0.3) is 0 Å². The van der Waals surface area contributed by atoms with Gasteiger partial charge >= 0.3 is 6.36 Å². The first kappa shape index (κ1) is 24.3. The zero-order chi connectivity index (χ0) is 24.3. The van der Waals surface area contributed by atoms with Crippen LogP contribution in [0.15, 0.2) is 60.7 Å². The quantitative estimate of drug-likeness (QED) is 0.380. The van der Waals surface area contributed by atoms with Crippen LogP contribution in [0.3, 0.4) is 0 Å². The molecule has 0 spiro atoms. The standard InChI is InChI=1S/C24H20ClF3N2O3S/c25-20-13-18(22(32)16-8-10-17(11-9-16)33-24(26,27)28)23(34-20)29-21(31)14-30-12-4-7-19(30)15-5-2-1-3-6-15/h1-3,5-6,8-11,13,19H,4,7,12,14H2,(H,29,31)/t19-/m1/s1. The minimum absolute atomic E-state index is 0.142. The number of rotatable bonds is 7. The Bertz CT molecular complexity index is 1170. The van der Waals surface area contributed by atoms with Crippen molar-refractivity contribution in [1.29, 1.82) is 0 Å². The number of nitrogens with one attached hydrogen (secondary N) is 1.